The minimum absolute atomic E-state index is 0.0837. The van der Waals surface area contributed by atoms with Gasteiger partial charge in [-0.2, -0.15) is 5.10 Å². The van der Waals surface area contributed by atoms with E-state index >= 15 is 0 Å². The van der Waals surface area contributed by atoms with Crippen LogP contribution >= 0.6 is 23.2 Å². The fourth-order valence-corrected chi connectivity index (χ4v) is 2.51. The fraction of sp³-hybridized carbons (Fsp3) is 0.400. The van der Waals surface area contributed by atoms with Gasteiger partial charge in [-0.15, -0.1) is 0 Å². The molecule has 3 nitrogen and oxygen atoms in total. The molecule has 1 N–H and O–H groups in total. The summed E-state index contributed by atoms with van der Waals surface area (Å²) >= 11 is 12.1. The molecule has 0 amide bonds. The van der Waals surface area contributed by atoms with Crippen molar-refractivity contribution in [3.05, 3.63) is 51.8 Å². The molecule has 1 aromatic carbocycles. The average Bonchev–Trinajstić information content (AvgIpc) is 2.88. The molecule has 0 aliphatic heterocycles. The molecular formula is C15H19Cl2N3. The zero-order chi connectivity index (χ0) is 14.5. The second-order valence-electron chi connectivity index (χ2n) is 4.70. The zero-order valence-electron chi connectivity index (χ0n) is 11.7. The maximum absolute atomic E-state index is 6.12. The number of rotatable bonds is 6. The van der Waals surface area contributed by atoms with Gasteiger partial charge in [-0.05, 0) is 30.7 Å². The number of hydrogen-bond acceptors (Lipinski definition) is 2. The van der Waals surface area contributed by atoms with Crippen LogP contribution in [-0.4, -0.2) is 16.3 Å². The van der Waals surface area contributed by atoms with Gasteiger partial charge in [0, 0.05) is 18.3 Å². The number of aromatic nitrogens is 2. The van der Waals surface area contributed by atoms with Gasteiger partial charge < -0.3 is 5.32 Å². The molecule has 5 heteroatoms. The SMILES string of the molecule is CCCn1cc(C(NCC)c2ccc(Cl)c(Cl)c2)cn1. The van der Waals surface area contributed by atoms with Crippen LogP contribution in [0, 0.1) is 0 Å². The van der Waals surface area contributed by atoms with Gasteiger partial charge in [0.25, 0.3) is 0 Å². The highest BCUT2D eigenvalue weighted by Crippen LogP contribution is 2.28. The lowest BCUT2D eigenvalue weighted by Gasteiger charge is -2.17. The minimum Gasteiger partial charge on any atom is -0.306 e. The topological polar surface area (TPSA) is 29.9 Å². The van der Waals surface area contributed by atoms with E-state index < -0.39 is 0 Å². The molecule has 20 heavy (non-hydrogen) atoms. The molecule has 0 fully saturated rings. The Morgan fingerprint density at radius 2 is 2.00 bits per heavy atom. The molecule has 0 saturated carbocycles. The van der Waals surface area contributed by atoms with Crippen molar-refractivity contribution in [2.24, 2.45) is 0 Å². The third kappa shape index (κ3) is 3.54. The van der Waals surface area contributed by atoms with Crippen LogP contribution in [0.25, 0.3) is 0 Å². The van der Waals surface area contributed by atoms with Crippen LogP contribution in [0.5, 0.6) is 0 Å². The Hall–Kier alpha value is -1.03. The predicted molar refractivity (Wildman–Crippen MR) is 84.5 cm³/mol. The van der Waals surface area contributed by atoms with Crippen LogP contribution in [0.15, 0.2) is 30.6 Å². The molecule has 1 atom stereocenters. The standard InChI is InChI=1S/C15H19Cl2N3/c1-3-7-20-10-12(9-19-20)15(18-4-2)11-5-6-13(16)14(17)8-11/h5-6,8-10,15,18H,3-4,7H2,1-2H3. The second kappa shape index (κ2) is 7.11. The Labute approximate surface area is 129 Å². The van der Waals surface area contributed by atoms with Crippen molar-refractivity contribution < 1.29 is 0 Å². The highest BCUT2D eigenvalue weighted by Gasteiger charge is 2.16. The molecule has 0 spiro atoms. The summed E-state index contributed by atoms with van der Waals surface area (Å²) in [6.45, 7) is 6.02. The van der Waals surface area contributed by atoms with Crippen LogP contribution in [0.2, 0.25) is 10.0 Å². The average molecular weight is 312 g/mol. The van der Waals surface area contributed by atoms with Gasteiger partial charge in [0.1, 0.15) is 0 Å². The first-order valence-corrected chi connectivity index (χ1v) is 7.62. The summed E-state index contributed by atoms with van der Waals surface area (Å²) in [5, 5.41) is 9.01. The van der Waals surface area contributed by atoms with Crippen molar-refractivity contribution in [2.45, 2.75) is 32.9 Å². The maximum atomic E-state index is 6.12. The zero-order valence-corrected chi connectivity index (χ0v) is 13.2. The maximum Gasteiger partial charge on any atom is 0.0608 e. The summed E-state index contributed by atoms with van der Waals surface area (Å²) in [7, 11) is 0. The number of halogens is 2. The summed E-state index contributed by atoms with van der Waals surface area (Å²) in [6.07, 6.45) is 5.06. The van der Waals surface area contributed by atoms with E-state index in [9.17, 15) is 0 Å². The van der Waals surface area contributed by atoms with Crippen molar-refractivity contribution in [1.82, 2.24) is 15.1 Å². The van der Waals surface area contributed by atoms with E-state index in [4.69, 9.17) is 23.2 Å². The lowest BCUT2D eigenvalue weighted by atomic mass is 10.0. The largest absolute Gasteiger partial charge is 0.306 e. The number of nitrogens with one attached hydrogen (secondary N) is 1. The Bertz CT molecular complexity index is 566. The molecule has 0 saturated heterocycles. The first-order valence-electron chi connectivity index (χ1n) is 6.86. The molecule has 0 aliphatic rings. The third-order valence-electron chi connectivity index (χ3n) is 3.12. The first-order chi connectivity index (χ1) is 9.65. The Balaban J connectivity index is 2.31. The summed E-state index contributed by atoms with van der Waals surface area (Å²) in [5.74, 6) is 0. The smallest absolute Gasteiger partial charge is 0.0608 e. The van der Waals surface area contributed by atoms with Crippen molar-refractivity contribution in [3.8, 4) is 0 Å². The van der Waals surface area contributed by atoms with Crippen LogP contribution in [0.4, 0.5) is 0 Å². The molecule has 108 valence electrons. The predicted octanol–water partition coefficient (Wildman–Crippen LogP) is 4.30. The van der Waals surface area contributed by atoms with Gasteiger partial charge in [-0.1, -0.05) is 43.1 Å². The van der Waals surface area contributed by atoms with E-state index in [1.54, 1.807) is 0 Å². The molecule has 0 aliphatic carbocycles. The Morgan fingerprint density at radius 1 is 1.20 bits per heavy atom. The highest BCUT2D eigenvalue weighted by molar-refractivity contribution is 6.42. The van der Waals surface area contributed by atoms with Crippen LogP contribution in [0.3, 0.4) is 0 Å². The molecule has 1 aromatic heterocycles. The molecule has 0 bridgehead atoms. The van der Waals surface area contributed by atoms with Gasteiger partial charge in [0.2, 0.25) is 0 Å². The Kier molecular flexibility index (Phi) is 5.46. The number of hydrogen-bond donors (Lipinski definition) is 1. The monoisotopic (exact) mass is 311 g/mol. The van der Waals surface area contributed by atoms with E-state index in [0.29, 0.717) is 10.0 Å². The molecular weight excluding hydrogens is 293 g/mol. The van der Waals surface area contributed by atoms with Crippen molar-refractivity contribution >= 4 is 23.2 Å². The van der Waals surface area contributed by atoms with Gasteiger partial charge in [-0.3, -0.25) is 4.68 Å². The van der Waals surface area contributed by atoms with Gasteiger partial charge in [-0.25, -0.2) is 0 Å². The lowest BCUT2D eigenvalue weighted by molar-refractivity contribution is 0.597. The molecule has 1 unspecified atom stereocenters. The van der Waals surface area contributed by atoms with Crippen molar-refractivity contribution in [3.63, 3.8) is 0 Å². The van der Waals surface area contributed by atoms with E-state index in [-0.39, 0.29) is 6.04 Å². The van der Waals surface area contributed by atoms with Crippen molar-refractivity contribution in [1.29, 1.82) is 0 Å². The number of benzene rings is 1. The van der Waals surface area contributed by atoms with Crippen LogP contribution in [-0.2, 0) is 6.54 Å². The van der Waals surface area contributed by atoms with Gasteiger partial charge in [0.05, 0.1) is 22.3 Å². The van der Waals surface area contributed by atoms with Gasteiger partial charge in [0.15, 0.2) is 0 Å². The lowest BCUT2D eigenvalue weighted by Crippen LogP contribution is -2.21. The van der Waals surface area contributed by atoms with Crippen molar-refractivity contribution in [2.75, 3.05) is 6.54 Å². The second-order valence-corrected chi connectivity index (χ2v) is 5.52. The normalized spacial score (nSPS) is 12.6. The minimum atomic E-state index is 0.0837. The summed E-state index contributed by atoms with van der Waals surface area (Å²) in [5.41, 5.74) is 2.23. The van der Waals surface area contributed by atoms with Crippen LogP contribution in [0.1, 0.15) is 37.4 Å². The molecule has 2 aromatic rings. The molecule has 2 rings (SSSR count). The van der Waals surface area contributed by atoms with Crippen LogP contribution < -0.4 is 5.32 Å². The summed E-state index contributed by atoms with van der Waals surface area (Å²) < 4.78 is 1.97. The quantitative estimate of drug-likeness (QED) is 0.862. The van der Waals surface area contributed by atoms with E-state index in [1.165, 1.54) is 0 Å². The summed E-state index contributed by atoms with van der Waals surface area (Å²) in [6, 6.07) is 5.83. The molecule has 0 radical (unpaired) electrons. The first kappa shape index (κ1) is 15.4. The number of aryl methyl sites for hydroxylation is 1. The van der Waals surface area contributed by atoms with E-state index in [0.717, 1.165) is 30.6 Å². The number of nitrogens with zero attached hydrogens (tertiary/aromatic N) is 2. The highest BCUT2D eigenvalue weighted by atomic mass is 35.5. The summed E-state index contributed by atoms with van der Waals surface area (Å²) in [4.78, 5) is 0. The molecule has 1 heterocycles. The Morgan fingerprint density at radius 3 is 2.65 bits per heavy atom. The van der Waals surface area contributed by atoms with E-state index in [1.807, 2.05) is 29.1 Å². The van der Waals surface area contributed by atoms with E-state index in [2.05, 4.69) is 30.5 Å². The van der Waals surface area contributed by atoms with Gasteiger partial charge >= 0.3 is 0 Å². The fourth-order valence-electron chi connectivity index (χ4n) is 2.20. The third-order valence-corrected chi connectivity index (χ3v) is 3.86.